The van der Waals surface area contributed by atoms with E-state index in [1.54, 1.807) is 6.07 Å². The number of guanidine groups is 1. The Hall–Kier alpha value is -1.09. The number of benzene rings is 1. The van der Waals surface area contributed by atoms with Crippen LogP contribution in [0.4, 0.5) is 10.1 Å². The van der Waals surface area contributed by atoms with Crippen LogP contribution in [0.15, 0.2) is 23.2 Å². The van der Waals surface area contributed by atoms with E-state index in [9.17, 15) is 4.39 Å². The molecular weight excluding hydrogens is 434 g/mol. The monoisotopic (exact) mass is 464 g/mol. The Balaban J connectivity index is 0.00000312. The fraction of sp³-hybridized carbons (Fsp3) is 0.611. The molecule has 0 spiro atoms. The summed E-state index contributed by atoms with van der Waals surface area (Å²) in [5.41, 5.74) is 1.42. The lowest BCUT2D eigenvalue weighted by Crippen LogP contribution is -2.47. The molecule has 0 radical (unpaired) electrons. The molecule has 25 heavy (non-hydrogen) atoms. The molecule has 0 atom stereocenters. The summed E-state index contributed by atoms with van der Waals surface area (Å²) < 4.78 is 19.7. The zero-order valence-corrected chi connectivity index (χ0v) is 17.9. The number of halogens is 2. The molecule has 0 amide bonds. The van der Waals surface area contributed by atoms with Crippen LogP contribution < -0.4 is 15.5 Å². The van der Waals surface area contributed by atoms with Crippen LogP contribution >= 0.6 is 24.0 Å². The maximum atomic E-state index is 14.4. The van der Waals surface area contributed by atoms with Crippen LogP contribution in [-0.2, 0) is 11.3 Å². The van der Waals surface area contributed by atoms with Crippen molar-refractivity contribution in [1.29, 1.82) is 0 Å². The predicted octanol–water partition coefficient (Wildman–Crippen LogP) is 3.13. The SMILES string of the molecule is CCNC(=NCc1ccc(N2CCOCC2)c(F)c1)NC(C)(C)C.I. The van der Waals surface area contributed by atoms with Crippen molar-refractivity contribution in [2.75, 3.05) is 37.7 Å². The fourth-order valence-corrected chi connectivity index (χ4v) is 2.54. The fourth-order valence-electron chi connectivity index (χ4n) is 2.54. The van der Waals surface area contributed by atoms with Gasteiger partial charge in [0.2, 0.25) is 0 Å². The summed E-state index contributed by atoms with van der Waals surface area (Å²) in [6.07, 6.45) is 0. The quantitative estimate of drug-likeness (QED) is 0.409. The third-order valence-electron chi connectivity index (χ3n) is 3.62. The van der Waals surface area contributed by atoms with Crippen LogP contribution in [0, 0.1) is 5.82 Å². The molecule has 1 saturated heterocycles. The van der Waals surface area contributed by atoms with Crippen LogP contribution in [0.3, 0.4) is 0 Å². The molecule has 2 rings (SSSR count). The Morgan fingerprint density at radius 2 is 1.96 bits per heavy atom. The highest BCUT2D eigenvalue weighted by Gasteiger charge is 2.15. The highest BCUT2D eigenvalue weighted by Crippen LogP contribution is 2.22. The van der Waals surface area contributed by atoms with Crippen LogP contribution in [0.5, 0.6) is 0 Å². The van der Waals surface area contributed by atoms with Gasteiger partial charge in [0.1, 0.15) is 5.82 Å². The van der Waals surface area contributed by atoms with E-state index in [0.717, 1.165) is 31.2 Å². The van der Waals surface area contributed by atoms with Crippen LogP contribution in [0.25, 0.3) is 0 Å². The topological polar surface area (TPSA) is 48.9 Å². The molecule has 1 fully saturated rings. The molecule has 0 unspecified atom stereocenters. The van der Waals surface area contributed by atoms with Crippen molar-refractivity contribution in [3.63, 3.8) is 0 Å². The molecule has 0 aromatic heterocycles. The maximum absolute atomic E-state index is 14.4. The van der Waals surface area contributed by atoms with Gasteiger partial charge in [-0.05, 0) is 45.4 Å². The third-order valence-corrected chi connectivity index (χ3v) is 3.62. The number of morpholine rings is 1. The summed E-state index contributed by atoms with van der Waals surface area (Å²) in [4.78, 5) is 6.57. The number of hydrogen-bond acceptors (Lipinski definition) is 3. The molecule has 1 aliphatic heterocycles. The van der Waals surface area contributed by atoms with Gasteiger partial charge >= 0.3 is 0 Å². The van der Waals surface area contributed by atoms with E-state index < -0.39 is 0 Å². The first-order valence-corrected chi connectivity index (χ1v) is 8.56. The summed E-state index contributed by atoms with van der Waals surface area (Å²) in [6.45, 7) is 12.2. The van der Waals surface area contributed by atoms with E-state index in [4.69, 9.17) is 4.74 Å². The standard InChI is InChI=1S/C18H29FN4O.HI/c1-5-20-17(22-18(2,3)4)21-13-14-6-7-16(15(19)12-14)23-8-10-24-11-9-23;/h6-7,12H,5,8-11,13H2,1-4H3,(H2,20,21,22);1H. The molecular formula is C18H30FIN4O. The number of anilines is 1. The number of rotatable bonds is 4. The molecule has 0 aliphatic carbocycles. The second-order valence-electron chi connectivity index (χ2n) is 6.96. The van der Waals surface area contributed by atoms with Gasteiger partial charge in [0.05, 0.1) is 25.4 Å². The molecule has 0 saturated carbocycles. The smallest absolute Gasteiger partial charge is 0.191 e. The molecule has 1 aromatic rings. The lowest BCUT2D eigenvalue weighted by atomic mass is 10.1. The number of ether oxygens (including phenoxy) is 1. The van der Waals surface area contributed by atoms with Crippen molar-refractivity contribution in [1.82, 2.24) is 10.6 Å². The van der Waals surface area contributed by atoms with Crippen LogP contribution in [0.2, 0.25) is 0 Å². The van der Waals surface area contributed by atoms with E-state index in [2.05, 4.69) is 36.4 Å². The van der Waals surface area contributed by atoms with Crippen molar-refractivity contribution in [3.8, 4) is 0 Å². The Bertz CT molecular complexity index is 569. The van der Waals surface area contributed by atoms with Crippen molar-refractivity contribution in [2.45, 2.75) is 39.8 Å². The summed E-state index contributed by atoms with van der Waals surface area (Å²) in [6, 6.07) is 5.36. The zero-order valence-electron chi connectivity index (χ0n) is 15.6. The summed E-state index contributed by atoms with van der Waals surface area (Å²) >= 11 is 0. The van der Waals surface area contributed by atoms with Crippen molar-refractivity contribution in [3.05, 3.63) is 29.6 Å². The minimum Gasteiger partial charge on any atom is -0.378 e. The largest absolute Gasteiger partial charge is 0.378 e. The first-order valence-electron chi connectivity index (χ1n) is 8.56. The van der Waals surface area contributed by atoms with Gasteiger partial charge in [-0.2, -0.15) is 0 Å². The lowest BCUT2D eigenvalue weighted by molar-refractivity contribution is 0.122. The normalized spacial score (nSPS) is 15.6. The van der Waals surface area contributed by atoms with E-state index in [1.807, 2.05) is 24.0 Å². The van der Waals surface area contributed by atoms with Gasteiger partial charge in [0.25, 0.3) is 0 Å². The number of hydrogen-bond donors (Lipinski definition) is 2. The van der Waals surface area contributed by atoms with E-state index in [-0.39, 0.29) is 35.3 Å². The number of nitrogens with one attached hydrogen (secondary N) is 2. The second-order valence-corrected chi connectivity index (χ2v) is 6.96. The van der Waals surface area contributed by atoms with Crippen LogP contribution in [0.1, 0.15) is 33.3 Å². The molecule has 7 heteroatoms. The predicted molar refractivity (Wildman–Crippen MR) is 113 cm³/mol. The Kier molecular flexibility index (Phi) is 8.92. The molecule has 5 nitrogen and oxygen atoms in total. The summed E-state index contributed by atoms with van der Waals surface area (Å²) in [7, 11) is 0. The molecule has 2 N–H and O–H groups in total. The van der Waals surface area contributed by atoms with Crippen molar-refractivity contribution in [2.24, 2.45) is 4.99 Å². The lowest BCUT2D eigenvalue weighted by Gasteiger charge is -2.29. The Labute approximate surface area is 167 Å². The van der Waals surface area contributed by atoms with Crippen LogP contribution in [-0.4, -0.2) is 44.3 Å². The summed E-state index contributed by atoms with van der Waals surface area (Å²) in [5, 5.41) is 6.54. The number of aliphatic imine (C=N–C) groups is 1. The average molecular weight is 464 g/mol. The highest BCUT2D eigenvalue weighted by molar-refractivity contribution is 14.0. The third kappa shape index (κ3) is 7.35. The van der Waals surface area contributed by atoms with Gasteiger partial charge in [-0.15, -0.1) is 24.0 Å². The minimum atomic E-state index is -0.196. The van der Waals surface area contributed by atoms with Gasteiger partial charge in [-0.25, -0.2) is 9.38 Å². The first-order chi connectivity index (χ1) is 11.4. The molecule has 1 heterocycles. The van der Waals surface area contributed by atoms with Crippen molar-refractivity contribution >= 4 is 35.6 Å². The van der Waals surface area contributed by atoms with Gasteiger partial charge in [-0.3, -0.25) is 0 Å². The first kappa shape index (κ1) is 22.0. The van der Waals surface area contributed by atoms with E-state index in [0.29, 0.717) is 25.4 Å². The minimum absolute atomic E-state index is 0. The molecule has 0 bridgehead atoms. The summed E-state index contributed by atoms with van der Waals surface area (Å²) in [5.74, 6) is 0.543. The van der Waals surface area contributed by atoms with E-state index >= 15 is 0 Å². The van der Waals surface area contributed by atoms with Gasteiger partial charge in [-0.1, -0.05) is 6.07 Å². The average Bonchev–Trinajstić information content (AvgIpc) is 2.52. The van der Waals surface area contributed by atoms with Gasteiger partial charge in [0.15, 0.2) is 5.96 Å². The Morgan fingerprint density at radius 3 is 2.52 bits per heavy atom. The molecule has 1 aliphatic rings. The Morgan fingerprint density at radius 1 is 1.28 bits per heavy atom. The maximum Gasteiger partial charge on any atom is 0.191 e. The van der Waals surface area contributed by atoms with Gasteiger partial charge < -0.3 is 20.3 Å². The highest BCUT2D eigenvalue weighted by atomic mass is 127. The molecule has 142 valence electrons. The number of nitrogens with zero attached hydrogens (tertiary/aromatic N) is 2. The molecule has 1 aromatic carbocycles. The second kappa shape index (κ2) is 10.2. The van der Waals surface area contributed by atoms with Gasteiger partial charge in [0, 0.05) is 25.2 Å². The van der Waals surface area contributed by atoms with E-state index in [1.165, 1.54) is 0 Å². The zero-order chi connectivity index (χ0) is 17.6. The van der Waals surface area contributed by atoms with Crippen molar-refractivity contribution < 1.29 is 9.13 Å².